The van der Waals surface area contributed by atoms with E-state index >= 15 is 0 Å². The number of rotatable bonds is 4. The van der Waals surface area contributed by atoms with Crippen molar-refractivity contribution in [1.82, 2.24) is 9.97 Å². The van der Waals surface area contributed by atoms with Gasteiger partial charge in [-0.2, -0.15) is 9.37 Å². The lowest BCUT2D eigenvalue weighted by molar-refractivity contribution is 0.143. The van der Waals surface area contributed by atoms with Crippen molar-refractivity contribution < 1.29 is 13.9 Å². The molecule has 1 aromatic heterocycles. The lowest BCUT2D eigenvalue weighted by Crippen LogP contribution is -2.08. The fourth-order valence-electron chi connectivity index (χ4n) is 0.693. The molecule has 0 saturated carbocycles. The average molecular weight is 187 g/mol. The second kappa shape index (κ2) is 4.56. The lowest BCUT2D eigenvalue weighted by Gasteiger charge is -2.05. The quantitative estimate of drug-likeness (QED) is 0.539. The molecule has 0 atom stereocenters. The maximum Gasteiger partial charge on any atom is 0.311 e. The first-order valence-electron chi connectivity index (χ1n) is 3.64. The second-order valence-electron chi connectivity index (χ2n) is 2.24. The van der Waals surface area contributed by atoms with Crippen molar-refractivity contribution >= 4 is 5.69 Å². The standard InChI is InChI=1S/C7H10FN3O2/c1-12-2-3-13-6-5(9)4-10-7(8)11-6/h4H,2-3,9H2,1H3. The zero-order valence-electron chi connectivity index (χ0n) is 7.16. The number of hydrogen-bond donors (Lipinski definition) is 1. The number of methoxy groups -OCH3 is 1. The van der Waals surface area contributed by atoms with Crippen LogP contribution in [0.15, 0.2) is 6.20 Å². The van der Waals surface area contributed by atoms with Crippen molar-refractivity contribution in [2.75, 3.05) is 26.1 Å². The molecule has 1 heterocycles. The molecule has 6 heteroatoms. The van der Waals surface area contributed by atoms with Gasteiger partial charge in [-0.25, -0.2) is 4.98 Å². The number of nitrogens with zero attached hydrogens (tertiary/aromatic N) is 2. The van der Waals surface area contributed by atoms with Crippen molar-refractivity contribution in [1.29, 1.82) is 0 Å². The molecule has 1 rings (SSSR count). The van der Waals surface area contributed by atoms with Crippen LogP contribution in [0.25, 0.3) is 0 Å². The van der Waals surface area contributed by atoms with Gasteiger partial charge < -0.3 is 15.2 Å². The molecule has 0 amide bonds. The minimum atomic E-state index is -0.860. The first kappa shape index (κ1) is 9.66. The van der Waals surface area contributed by atoms with Crippen molar-refractivity contribution in [2.45, 2.75) is 0 Å². The van der Waals surface area contributed by atoms with E-state index < -0.39 is 6.08 Å². The Balaban J connectivity index is 2.59. The van der Waals surface area contributed by atoms with Crippen LogP contribution in [0.1, 0.15) is 0 Å². The Morgan fingerprint density at radius 2 is 2.31 bits per heavy atom. The van der Waals surface area contributed by atoms with Crippen LogP contribution >= 0.6 is 0 Å². The highest BCUT2D eigenvalue weighted by atomic mass is 19.1. The topological polar surface area (TPSA) is 70.3 Å². The average Bonchev–Trinajstić information content (AvgIpc) is 2.11. The van der Waals surface area contributed by atoms with E-state index in [1.807, 2.05) is 0 Å². The van der Waals surface area contributed by atoms with E-state index in [9.17, 15) is 4.39 Å². The van der Waals surface area contributed by atoms with Crippen molar-refractivity contribution in [3.8, 4) is 5.88 Å². The summed E-state index contributed by atoms with van der Waals surface area (Å²) in [6.45, 7) is 0.669. The minimum absolute atomic E-state index is 0.0459. The van der Waals surface area contributed by atoms with Gasteiger partial charge in [-0.15, -0.1) is 0 Å². The van der Waals surface area contributed by atoms with Gasteiger partial charge in [0.25, 0.3) is 0 Å². The van der Waals surface area contributed by atoms with Crippen molar-refractivity contribution in [3.63, 3.8) is 0 Å². The first-order valence-corrected chi connectivity index (χ1v) is 3.64. The molecule has 0 spiro atoms. The molecule has 0 unspecified atom stereocenters. The van der Waals surface area contributed by atoms with E-state index in [4.69, 9.17) is 15.2 Å². The van der Waals surface area contributed by atoms with Gasteiger partial charge in [-0.05, 0) is 0 Å². The van der Waals surface area contributed by atoms with Gasteiger partial charge >= 0.3 is 6.08 Å². The predicted octanol–water partition coefficient (Wildman–Crippen LogP) is 0.223. The Morgan fingerprint density at radius 1 is 1.54 bits per heavy atom. The maximum atomic E-state index is 12.5. The molecule has 0 aliphatic heterocycles. The van der Waals surface area contributed by atoms with Crippen LogP contribution in [0.2, 0.25) is 0 Å². The zero-order chi connectivity index (χ0) is 9.68. The summed E-state index contributed by atoms with van der Waals surface area (Å²) in [7, 11) is 1.53. The van der Waals surface area contributed by atoms with Crippen LogP contribution in [0.4, 0.5) is 10.1 Å². The van der Waals surface area contributed by atoms with E-state index in [-0.39, 0.29) is 18.2 Å². The molecule has 0 bridgehead atoms. The highest BCUT2D eigenvalue weighted by Crippen LogP contribution is 2.15. The summed E-state index contributed by atoms with van der Waals surface area (Å²) in [4.78, 5) is 6.62. The summed E-state index contributed by atoms with van der Waals surface area (Å²) in [5.74, 6) is 0.0459. The van der Waals surface area contributed by atoms with Crippen LogP contribution in [0, 0.1) is 6.08 Å². The number of nitrogen functional groups attached to an aromatic ring is 1. The highest BCUT2D eigenvalue weighted by molar-refractivity contribution is 5.44. The highest BCUT2D eigenvalue weighted by Gasteiger charge is 2.04. The largest absolute Gasteiger partial charge is 0.474 e. The minimum Gasteiger partial charge on any atom is -0.474 e. The molecule has 5 nitrogen and oxygen atoms in total. The molecule has 13 heavy (non-hydrogen) atoms. The number of anilines is 1. The number of hydrogen-bond acceptors (Lipinski definition) is 5. The molecule has 0 aliphatic rings. The number of halogens is 1. The lowest BCUT2D eigenvalue weighted by atomic mass is 10.5. The SMILES string of the molecule is COCCOc1nc(F)ncc1N. The number of ether oxygens (including phenoxy) is 2. The first-order chi connectivity index (χ1) is 6.24. The molecule has 0 aromatic carbocycles. The third kappa shape index (κ3) is 2.83. The summed E-state index contributed by atoms with van der Waals surface area (Å²) in [5.41, 5.74) is 5.62. The van der Waals surface area contributed by atoms with Crippen LogP contribution in [0.3, 0.4) is 0 Å². The Bertz CT molecular complexity index is 282. The van der Waals surface area contributed by atoms with Gasteiger partial charge in [0.1, 0.15) is 12.3 Å². The number of aromatic nitrogens is 2. The molecule has 0 radical (unpaired) electrons. The number of nitrogens with two attached hydrogens (primary N) is 1. The summed E-state index contributed by atoms with van der Waals surface area (Å²) in [6.07, 6.45) is 0.298. The molecular weight excluding hydrogens is 177 g/mol. The smallest absolute Gasteiger partial charge is 0.311 e. The molecule has 0 fully saturated rings. The summed E-state index contributed by atoms with van der Waals surface area (Å²) in [6, 6.07) is 0. The Morgan fingerprint density at radius 3 is 3.00 bits per heavy atom. The Hall–Kier alpha value is -1.43. The third-order valence-electron chi connectivity index (χ3n) is 1.28. The molecular formula is C7H10FN3O2. The van der Waals surface area contributed by atoms with Crippen LogP contribution < -0.4 is 10.5 Å². The van der Waals surface area contributed by atoms with Crippen LogP contribution in [0.5, 0.6) is 5.88 Å². The summed E-state index contributed by atoms with van der Waals surface area (Å²) < 4.78 is 22.2. The van der Waals surface area contributed by atoms with E-state index in [0.29, 0.717) is 6.61 Å². The van der Waals surface area contributed by atoms with Crippen molar-refractivity contribution in [3.05, 3.63) is 12.3 Å². The van der Waals surface area contributed by atoms with Gasteiger partial charge in [0, 0.05) is 7.11 Å². The Labute approximate surface area is 74.7 Å². The third-order valence-corrected chi connectivity index (χ3v) is 1.28. The van der Waals surface area contributed by atoms with Crippen LogP contribution in [-0.2, 0) is 4.74 Å². The van der Waals surface area contributed by atoms with E-state index in [0.717, 1.165) is 6.20 Å². The van der Waals surface area contributed by atoms with Crippen molar-refractivity contribution in [2.24, 2.45) is 0 Å². The fraction of sp³-hybridized carbons (Fsp3) is 0.429. The van der Waals surface area contributed by atoms with Gasteiger partial charge in [0.2, 0.25) is 5.88 Å². The van der Waals surface area contributed by atoms with Gasteiger partial charge in [-0.3, -0.25) is 0 Å². The van der Waals surface area contributed by atoms with E-state index in [1.54, 1.807) is 0 Å². The van der Waals surface area contributed by atoms with Crippen LogP contribution in [-0.4, -0.2) is 30.3 Å². The molecule has 1 aromatic rings. The molecule has 2 N–H and O–H groups in total. The predicted molar refractivity (Wildman–Crippen MR) is 43.8 cm³/mol. The fourth-order valence-corrected chi connectivity index (χ4v) is 0.693. The monoisotopic (exact) mass is 187 g/mol. The van der Waals surface area contributed by atoms with E-state index in [1.165, 1.54) is 7.11 Å². The second-order valence-corrected chi connectivity index (χ2v) is 2.24. The summed E-state index contributed by atoms with van der Waals surface area (Å²) >= 11 is 0. The molecule has 0 saturated heterocycles. The molecule has 0 aliphatic carbocycles. The van der Waals surface area contributed by atoms with Gasteiger partial charge in [0.05, 0.1) is 12.8 Å². The Kier molecular flexibility index (Phi) is 3.39. The van der Waals surface area contributed by atoms with Gasteiger partial charge in [0.15, 0.2) is 0 Å². The summed E-state index contributed by atoms with van der Waals surface area (Å²) in [5, 5.41) is 0. The zero-order valence-corrected chi connectivity index (χ0v) is 7.16. The van der Waals surface area contributed by atoms with Gasteiger partial charge in [-0.1, -0.05) is 0 Å². The molecule has 72 valence electrons. The van der Waals surface area contributed by atoms with E-state index in [2.05, 4.69) is 9.97 Å². The maximum absolute atomic E-state index is 12.5. The normalized spacial score (nSPS) is 10.0.